The van der Waals surface area contributed by atoms with Gasteiger partial charge < -0.3 is 14.6 Å². The predicted molar refractivity (Wildman–Crippen MR) is 100 cm³/mol. The Hall–Kier alpha value is -2.63. The van der Waals surface area contributed by atoms with Gasteiger partial charge in [-0.05, 0) is 17.7 Å². The van der Waals surface area contributed by atoms with Crippen molar-refractivity contribution in [2.45, 2.75) is 6.10 Å². The number of nitrogens with one attached hydrogen (secondary N) is 1. The van der Waals surface area contributed by atoms with Crippen molar-refractivity contribution in [2.24, 2.45) is 0 Å². The molecular formula is C20H18ClN3O2. The van der Waals surface area contributed by atoms with Crippen molar-refractivity contribution in [2.75, 3.05) is 19.7 Å². The number of morpholine rings is 1. The van der Waals surface area contributed by atoms with Crippen LogP contribution in [0.15, 0.2) is 60.9 Å². The first-order valence-corrected chi connectivity index (χ1v) is 8.85. The van der Waals surface area contributed by atoms with Crippen LogP contribution in [0, 0.1) is 0 Å². The van der Waals surface area contributed by atoms with Gasteiger partial charge in [0.1, 0.15) is 17.5 Å². The molecule has 1 N–H and O–H groups in total. The SMILES string of the molecule is O=C(c1[nH]cnc1-c1ccccc1)N1CCOC(c2ccc(Cl)cc2)C1. The number of ether oxygens (including phenoxy) is 1. The summed E-state index contributed by atoms with van der Waals surface area (Å²) in [5, 5.41) is 0.683. The predicted octanol–water partition coefficient (Wildman–Crippen LogP) is 3.94. The molecule has 2 aromatic carbocycles. The van der Waals surface area contributed by atoms with Gasteiger partial charge in [0.2, 0.25) is 0 Å². The van der Waals surface area contributed by atoms with E-state index in [-0.39, 0.29) is 12.0 Å². The van der Waals surface area contributed by atoms with Gasteiger partial charge in [-0.2, -0.15) is 0 Å². The first-order chi connectivity index (χ1) is 12.7. The third-order valence-corrected chi connectivity index (χ3v) is 4.75. The van der Waals surface area contributed by atoms with E-state index in [1.54, 1.807) is 6.33 Å². The average Bonchev–Trinajstić information content (AvgIpc) is 3.18. The van der Waals surface area contributed by atoms with Crippen molar-refractivity contribution >= 4 is 17.5 Å². The second-order valence-corrected chi connectivity index (χ2v) is 6.59. The maximum atomic E-state index is 13.1. The Labute approximate surface area is 156 Å². The van der Waals surface area contributed by atoms with Gasteiger partial charge in [-0.1, -0.05) is 54.1 Å². The molecule has 1 aliphatic rings. The molecule has 1 atom stereocenters. The summed E-state index contributed by atoms with van der Waals surface area (Å²) in [5.41, 5.74) is 3.11. The Morgan fingerprint density at radius 1 is 1.15 bits per heavy atom. The van der Waals surface area contributed by atoms with Crippen molar-refractivity contribution in [1.82, 2.24) is 14.9 Å². The zero-order chi connectivity index (χ0) is 17.9. The first-order valence-electron chi connectivity index (χ1n) is 8.47. The van der Waals surface area contributed by atoms with Gasteiger partial charge in [-0.3, -0.25) is 4.79 Å². The number of benzene rings is 2. The van der Waals surface area contributed by atoms with Crippen LogP contribution in [-0.2, 0) is 4.74 Å². The number of halogens is 1. The molecular weight excluding hydrogens is 350 g/mol. The molecule has 0 aliphatic carbocycles. The molecule has 0 bridgehead atoms. The average molecular weight is 368 g/mol. The number of carbonyl (C=O) groups is 1. The molecule has 0 radical (unpaired) electrons. The normalized spacial score (nSPS) is 17.3. The highest BCUT2D eigenvalue weighted by Gasteiger charge is 2.28. The van der Waals surface area contributed by atoms with Crippen LogP contribution >= 0.6 is 11.6 Å². The van der Waals surface area contributed by atoms with Crippen LogP contribution < -0.4 is 0 Å². The molecule has 0 saturated carbocycles. The lowest BCUT2D eigenvalue weighted by atomic mass is 10.1. The molecule has 1 fully saturated rings. The monoisotopic (exact) mass is 367 g/mol. The lowest BCUT2D eigenvalue weighted by molar-refractivity contribution is -0.0229. The van der Waals surface area contributed by atoms with Crippen molar-refractivity contribution in [3.05, 3.63) is 77.2 Å². The van der Waals surface area contributed by atoms with Crippen molar-refractivity contribution < 1.29 is 9.53 Å². The van der Waals surface area contributed by atoms with Crippen LogP contribution in [0.1, 0.15) is 22.2 Å². The fraction of sp³-hybridized carbons (Fsp3) is 0.200. The van der Waals surface area contributed by atoms with E-state index in [9.17, 15) is 4.79 Å². The summed E-state index contributed by atoms with van der Waals surface area (Å²) in [4.78, 5) is 22.2. The lowest BCUT2D eigenvalue weighted by Crippen LogP contribution is -2.42. The molecule has 1 aromatic heterocycles. The highest BCUT2D eigenvalue weighted by molar-refractivity contribution is 6.30. The number of aromatic amines is 1. The third kappa shape index (κ3) is 3.36. The largest absolute Gasteiger partial charge is 0.370 e. The second-order valence-electron chi connectivity index (χ2n) is 6.15. The Kier molecular flexibility index (Phi) is 4.73. The van der Waals surface area contributed by atoms with Crippen molar-refractivity contribution in [3.8, 4) is 11.3 Å². The fourth-order valence-electron chi connectivity index (χ4n) is 3.14. The standard InChI is InChI=1S/C20H18ClN3O2/c21-16-8-6-14(7-9-16)17-12-24(10-11-26-17)20(25)19-18(22-13-23-19)15-4-2-1-3-5-15/h1-9,13,17H,10-12H2,(H,22,23). The van der Waals surface area contributed by atoms with Gasteiger partial charge in [-0.15, -0.1) is 0 Å². The van der Waals surface area contributed by atoms with Crippen molar-refractivity contribution in [3.63, 3.8) is 0 Å². The molecule has 2 heterocycles. The molecule has 1 aliphatic heterocycles. The number of carbonyl (C=O) groups excluding carboxylic acids is 1. The summed E-state index contributed by atoms with van der Waals surface area (Å²) in [7, 11) is 0. The van der Waals surface area contributed by atoms with Gasteiger partial charge in [0.25, 0.3) is 5.91 Å². The minimum Gasteiger partial charge on any atom is -0.370 e. The van der Waals surface area contributed by atoms with E-state index in [2.05, 4.69) is 9.97 Å². The summed E-state index contributed by atoms with van der Waals surface area (Å²) in [6.45, 7) is 1.54. The number of imidazole rings is 1. The van der Waals surface area contributed by atoms with E-state index in [4.69, 9.17) is 16.3 Å². The van der Waals surface area contributed by atoms with E-state index in [0.29, 0.717) is 36.1 Å². The maximum absolute atomic E-state index is 13.1. The van der Waals surface area contributed by atoms with Crippen LogP contribution in [0.2, 0.25) is 5.02 Å². The van der Waals surface area contributed by atoms with Gasteiger partial charge in [-0.25, -0.2) is 4.98 Å². The van der Waals surface area contributed by atoms with Crippen LogP contribution in [0.5, 0.6) is 0 Å². The highest BCUT2D eigenvalue weighted by Crippen LogP contribution is 2.26. The van der Waals surface area contributed by atoms with Gasteiger partial charge >= 0.3 is 0 Å². The minimum atomic E-state index is -0.159. The molecule has 6 heteroatoms. The Morgan fingerprint density at radius 3 is 2.69 bits per heavy atom. The number of rotatable bonds is 3. The summed E-state index contributed by atoms with van der Waals surface area (Å²) in [5.74, 6) is -0.0661. The number of amides is 1. The zero-order valence-corrected chi connectivity index (χ0v) is 14.8. The van der Waals surface area contributed by atoms with Crippen LogP contribution in [0.3, 0.4) is 0 Å². The van der Waals surface area contributed by atoms with E-state index >= 15 is 0 Å². The van der Waals surface area contributed by atoms with E-state index in [0.717, 1.165) is 11.1 Å². The maximum Gasteiger partial charge on any atom is 0.272 e. The summed E-state index contributed by atoms with van der Waals surface area (Å²) < 4.78 is 5.85. The molecule has 1 saturated heterocycles. The lowest BCUT2D eigenvalue weighted by Gasteiger charge is -2.33. The zero-order valence-electron chi connectivity index (χ0n) is 14.1. The summed E-state index contributed by atoms with van der Waals surface area (Å²) in [6.07, 6.45) is 1.40. The minimum absolute atomic E-state index is 0.0661. The Morgan fingerprint density at radius 2 is 1.92 bits per heavy atom. The van der Waals surface area contributed by atoms with Gasteiger partial charge in [0, 0.05) is 17.1 Å². The fourth-order valence-corrected chi connectivity index (χ4v) is 3.27. The number of nitrogens with zero attached hydrogens (tertiary/aromatic N) is 2. The van der Waals surface area contributed by atoms with Crippen LogP contribution in [0.4, 0.5) is 0 Å². The molecule has 1 amide bonds. The number of hydrogen-bond donors (Lipinski definition) is 1. The van der Waals surface area contributed by atoms with Crippen LogP contribution in [-0.4, -0.2) is 40.5 Å². The smallest absolute Gasteiger partial charge is 0.272 e. The molecule has 4 rings (SSSR count). The van der Waals surface area contributed by atoms with E-state index in [1.165, 1.54) is 0 Å². The quantitative estimate of drug-likeness (QED) is 0.762. The number of hydrogen-bond acceptors (Lipinski definition) is 3. The molecule has 1 unspecified atom stereocenters. The molecule has 132 valence electrons. The molecule has 26 heavy (non-hydrogen) atoms. The van der Waals surface area contributed by atoms with E-state index in [1.807, 2.05) is 59.5 Å². The number of H-pyrrole nitrogens is 1. The van der Waals surface area contributed by atoms with E-state index < -0.39 is 0 Å². The molecule has 0 spiro atoms. The summed E-state index contributed by atoms with van der Waals surface area (Å²) >= 11 is 5.96. The Bertz CT molecular complexity index is 893. The van der Waals surface area contributed by atoms with Crippen molar-refractivity contribution in [1.29, 1.82) is 0 Å². The number of aromatic nitrogens is 2. The topological polar surface area (TPSA) is 58.2 Å². The van der Waals surface area contributed by atoms with Crippen LogP contribution in [0.25, 0.3) is 11.3 Å². The second kappa shape index (κ2) is 7.32. The molecule has 5 nitrogen and oxygen atoms in total. The Balaban J connectivity index is 1.55. The highest BCUT2D eigenvalue weighted by atomic mass is 35.5. The summed E-state index contributed by atoms with van der Waals surface area (Å²) in [6, 6.07) is 17.3. The first kappa shape index (κ1) is 16.8. The third-order valence-electron chi connectivity index (χ3n) is 4.50. The molecule has 3 aromatic rings. The van der Waals surface area contributed by atoms with Gasteiger partial charge in [0.05, 0.1) is 19.5 Å². The van der Waals surface area contributed by atoms with Gasteiger partial charge in [0.15, 0.2) is 0 Å².